The van der Waals surface area contributed by atoms with Crippen LogP contribution in [0.2, 0.25) is 0 Å². The Morgan fingerprint density at radius 3 is 2.60 bits per heavy atom. The molecule has 0 aliphatic carbocycles. The lowest BCUT2D eigenvalue weighted by molar-refractivity contribution is -0.150. The molecule has 0 radical (unpaired) electrons. The number of esters is 2. The SMILES string of the molecule is C/C(=C\C(=O)O)C(=O)OCC(=O)Oc1cccc(O)c1. The Bertz CT molecular complexity index is 560. The average Bonchev–Trinajstić information content (AvgIpc) is 2.35. The van der Waals surface area contributed by atoms with Gasteiger partial charge >= 0.3 is 17.9 Å². The average molecular weight is 280 g/mol. The normalized spacial score (nSPS) is 10.8. The molecule has 0 aliphatic rings. The molecule has 1 aromatic carbocycles. The molecule has 1 aromatic rings. The summed E-state index contributed by atoms with van der Waals surface area (Å²) in [4.78, 5) is 33.0. The number of carboxylic acids is 1. The number of rotatable bonds is 5. The molecule has 0 spiro atoms. The van der Waals surface area contributed by atoms with Crippen molar-refractivity contribution >= 4 is 17.9 Å². The highest BCUT2D eigenvalue weighted by atomic mass is 16.6. The molecule has 0 fully saturated rings. The summed E-state index contributed by atoms with van der Waals surface area (Å²) >= 11 is 0. The number of carbonyl (C=O) groups is 3. The quantitative estimate of drug-likeness (QED) is 0.467. The van der Waals surface area contributed by atoms with E-state index in [9.17, 15) is 14.4 Å². The molecule has 106 valence electrons. The van der Waals surface area contributed by atoms with Gasteiger partial charge in [-0.3, -0.25) is 0 Å². The molecule has 0 bridgehead atoms. The lowest BCUT2D eigenvalue weighted by Crippen LogP contribution is -2.19. The summed E-state index contributed by atoms with van der Waals surface area (Å²) < 4.78 is 9.36. The number of aliphatic carboxylic acids is 1. The van der Waals surface area contributed by atoms with Crippen molar-refractivity contribution in [3.63, 3.8) is 0 Å². The first kappa shape index (κ1) is 15.2. The van der Waals surface area contributed by atoms with Crippen molar-refractivity contribution in [2.75, 3.05) is 6.61 Å². The summed E-state index contributed by atoms with van der Waals surface area (Å²) in [6, 6.07) is 5.53. The van der Waals surface area contributed by atoms with Crippen molar-refractivity contribution in [2.45, 2.75) is 6.92 Å². The van der Waals surface area contributed by atoms with E-state index in [4.69, 9.17) is 14.9 Å². The van der Waals surface area contributed by atoms with E-state index in [1.807, 2.05) is 0 Å². The van der Waals surface area contributed by atoms with Crippen LogP contribution in [0.25, 0.3) is 0 Å². The summed E-state index contributed by atoms with van der Waals surface area (Å²) in [5, 5.41) is 17.6. The van der Waals surface area contributed by atoms with E-state index in [1.54, 1.807) is 0 Å². The first-order valence-electron chi connectivity index (χ1n) is 5.46. The van der Waals surface area contributed by atoms with E-state index in [1.165, 1.54) is 31.2 Å². The zero-order valence-electron chi connectivity index (χ0n) is 10.5. The molecule has 20 heavy (non-hydrogen) atoms. The third-order valence-electron chi connectivity index (χ3n) is 2.03. The van der Waals surface area contributed by atoms with Crippen LogP contribution in [0.3, 0.4) is 0 Å². The largest absolute Gasteiger partial charge is 0.508 e. The predicted molar refractivity (Wildman–Crippen MR) is 66.1 cm³/mol. The van der Waals surface area contributed by atoms with Gasteiger partial charge in [-0.15, -0.1) is 0 Å². The van der Waals surface area contributed by atoms with E-state index >= 15 is 0 Å². The van der Waals surface area contributed by atoms with Gasteiger partial charge < -0.3 is 19.7 Å². The topological polar surface area (TPSA) is 110 Å². The predicted octanol–water partition coefficient (Wildman–Crippen LogP) is 0.872. The molecular formula is C13H12O7. The molecule has 0 unspecified atom stereocenters. The lowest BCUT2D eigenvalue weighted by Gasteiger charge is -2.06. The van der Waals surface area contributed by atoms with Crippen LogP contribution in [-0.2, 0) is 19.1 Å². The van der Waals surface area contributed by atoms with Gasteiger partial charge in [0.15, 0.2) is 6.61 Å². The summed E-state index contributed by atoms with van der Waals surface area (Å²) in [5.74, 6) is -3.05. The van der Waals surface area contributed by atoms with Crippen LogP contribution < -0.4 is 4.74 Å². The van der Waals surface area contributed by atoms with Crippen LogP contribution >= 0.6 is 0 Å². The van der Waals surface area contributed by atoms with Gasteiger partial charge in [-0.05, 0) is 19.1 Å². The van der Waals surface area contributed by atoms with E-state index in [0.717, 1.165) is 0 Å². The van der Waals surface area contributed by atoms with Gasteiger partial charge in [-0.1, -0.05) is 6.07 Å². The molecule has 1 rings (SSSR count). The molecule has 0 amide bonds. The van der Waals surface area contributed by atoms with E-state index in [2.05, 4.69) is 4.74 Å². The Hall–Kier alpha value is -2.83. The lowest BCUT2D eigenvalue weighted by atomic mass is 10.3. The minimum atomic E-state index is -1.29. The molecule has 0 saturated carbocycles. The van der Waals surface area contributed by atoms with Crippen LogP contribution in [0.5, 0.6) is 11.5 Å². The summed E-state index contributed by atoms with van der Waals surface area (Å²) in [6.07, 6.45) is 0.670. The smallest absolute Gasteiger partial charge is 0.349 e. The number of hydrogen-bond donors (Lipinski definition) is 2. The molecule has 2 N–H and O–H groups in total. The van der Waals surface area contributed by atoms with Crippen LogP contribution in [0.4, 0.5) is 0 Å². The third kappa shape index (κ3) is 5.21. The Balaban J connectivity index is 2.48. The fraction of sp³-hybridized carbons (Fsp3) is 0.154. The number of carboxylic acid groups (broad SMARTS) is 1. The Morgan fingerprint density at radius 2 is 2.00 bits per heavy atom. The molecule has 0 aliphatic heterocycles. The van der Waals surface area contributed by atoms with E-state index < -0.39 is 24.5 Å². The maximum Gasteiger partial charge on any atom is 0.349 e. The number of benzene rings is 1. The van der Waals surface area contributed by atoms with Crippen molar-refractivity contribution in [3.8, 4) is 11.5 Å². The van der Waals surface area contributed by atoms with Crippen LogP contribution in [0.15, 0.2) is 35.9 Å². The molecule has 0 atom stereocenters. The molecule has 7 heteroatoms. The number of hydrogen-bond acceptors (Lipinski definition) is 6. The first-order valence-corrected chi connectivity index (χ1v) is 5.46. The summed E-state index contributed by atoms with van der Waals surface area (Å²) in [5.41, 5.74) is -0.150. The highest BCUT2D eigenvalue weighted by Crippen LogP contribution is 2.17. The monoisotopic (exact) mass is 280 g/mol. The Morgan fingerprint density at radius 1 is 1.30 bits per heavy atom. The van der Waals surface area contributed by atoms with Gasteiger partial charge in [0.1, 0.15) is 11.5 Å². The minimum Gasteiger partial charge on any atom is -0.508 e. The second-order valence-electron chi connectivity index (χ2n) is 3.71. The fourth-order valence-corrected chi connectivity index (χ4v) is 1.19. The second-order valence-corrected chi connectivity index (χ2v) is 3.71. The van der Waals surface area contributed by atoms with E-state index in [-0.39, 0.29) is 17.1 Å². The zero-order valence-corrected chi connectivity index (χ0v) is 10.5. The van der Waals surface area contributed by atoms with Gasteiger partial charge in [0.05, 0.1) is 0 Å². The molecular weight excluding hydrogens is 268 g/mol. The minimum absolute atomic E-state index is 0.0764. The highest BCUT2D eigenvalue weighted by molar-refractivity contribution is 5.95. The van der Waals surface area contributed by atoms with Gasteiger partial charge in [-0.25, -0.2) is 14.4 Å². The van der Waals surface area contributed by atoms with Gasteiger partial charge in [0, 0.05) is 17.7 Å². The van der Waals surface area contributed by atoms with E-state index in [0.29, 0.717) is 6.08 Å². The summed E-state index contributed by atoms with van der Waals surface area (Å²) in [7, 11) is 0. The second kappa shape index (κ2) is 6.93. The number of carbonyl (C=O) groups excluding carboxylic acids is 2. The van der Waals surface area contributed by atoms with Gasteiger partial charge in [0.2, 0.25) is 0 Å². The van der Waals surface area contributed by atoms with Crippen molar-refractivity contribution in [1.29, 1.82) is 0 Å². The van der Waals surface area contributed by atoms with Crippen LogP contribution in [0, 0.1) is 0 Å². The molecule has 7 nitrogen and oxygen atoms in total. The highest BCUT2D eigenvalue weighted by Gasteiger charge is 2.12. The third-order valence-corrected chi connectivity index (χ3v) is 2.03. The van der Waals surface area contributed by atoms with Crippen molar-refractivity contribution in [1.82, 2.24) is 0 Å². The first-order chi connectivity index (χ1) is 9.38. The van der Waals surface area contributed by atoms with Gasteiger partial charge in [0.25, 0.3) is 0 Å². The number of aromatic hydroxyl groups is 1. The summed E-state index contributed by atoms with van der Waals surface area (Å²) in [6.45, 7) is 0.580. The van der Waals surface area contributed by atoms with Crippen LogP contribution in [-0.4, -0.2) is 34.7 Å². The Labute approximate surface area is 114 Å². The standard InChI is InChI=1S/C13H12O7/c1-8(5-11(15)16)13(18)19-7-12(17)20-10-4-2-3-9(14)6-10/h2-6,14H,7H2,1H3,(H,15,16)/b8-5+. The maximum absolute atomic E-state index is 11.4. The fourth-order valence-electron chi connectivity index (χ4n) is 1.19. The van der Waals surface area contributed by atoms with Gasteiger partial charge in [-0.2, -0.15) is 0 Å². The molecule has 0 saturated heterocycles. The molecule has 0 heterocycles. The zero-order chi connectivity index (χ0) is 15.1. The molecule has 0 aromatic heterocycles. The van der Waals surface area contributed by atoms with Crippen molar-refractivity contribution < 1.29 is 34.1 Å². The number of phenols is 1. The number of ether oxygens (including phenoxy) is 2. The van der Waals surface area contributed by atoms with Crippen LogP contribution in [0.1, 0.15) is 6.92 Å². The maximum atomic E-state index is 11.4. The van der Waals surface area contributed by atoms with Crippen molar-refractivity contribution in [2.24, 2.45) is 0 Å². The van der Waals surface area contributed by atoms with Crippen molar-refractivity contribution in [3.05, 3.63) is 35.9 Å². The Kier molecular flexibility index (Phi) is 5.28. The number of phenolic OH excluding ortho intramolecular Hbond substituents is 1.